The number of aromatic nitrogens is 3. The Labute approximate surface area is 200 Å². The topological polar surface area (TPSA) is 124 Å². The number of methoxy groups -OCH3 is 1. The number of benzene rings is 3. The Morgan fingerprint density at radius 3 is 2.44 bits per heavy atom. The van der Waals surface area contributed by atoms with E-state index in [9.17, 15) is 9.59 Å². The van der Waals surface area contributed by atoms with Crippen molar-refractivity contribution in [1.29, 1.82) is 0 Å². The number of thioether (sulfide) groups is 1. The summed E-state index contributed by atoms with van der Waals surface area (Å²) in [6.07, 6.45) is 0. The average molecular weight is 475 g/mol. The number of nitrogen functional groups attached to an aromatic ring is 1. The minimum absolute atomic E-state index is 0.0237. The largest absolute Gasteiger partial charge is 0.496 e. The van der Waals surface area contributed by atoms with Gasteiger partial charge in [0.05, 0.1) is 29.7 Å². The molecule has 4 aromatic rings. The molecule has 0 radical (unpaired) electrons. The third-order valence-corrected chi connectivity index (χ3v) is 5.77. The van der Waals surface area contributed by atoms with E-state index >= 15 is 0 Å². The van der Waals surface area contributed by atoms with Crippen LogP contribution in [0.4, 0.5) is 11.4 Å². The molecule has 2 amide bonds. The molecule has 1 heterocycles. The fourth-order valence-corrected chi connectivity index (χ4v) is 3.87. The van der Waals surface area contributed by atoms with Crippen LogP contribution in [0.2, 0.25) is 0 Å². The molecule has 3 aromatic carbocycles. The molecule has 0 aliphatic rings. The average Bonchev–Trinajstić information content (AvgIpc) is 3.23. The van der Waals surface area contributed by atoms with E-state index in [2.05, 4.69) is 20.8 Å². The molecule has 0 aliphatic carbocycles. The van der Waals surface area contributed by atoms with E-state index in [1.807, 2.05) is 36.4 Å². The smallest absolute Gasteiger partial charge is 0.257 e. The summed E-state index contributed by atoms with van der Waals surface area (Å²) in [5.41, 5.74) is 2.11. The van der Waals surface area contributed by atoms with Crippen LogP contribution >= 0.6 is 11.8 Å². The number of nitrogens with one attached hydrogen (secondary N) is 2. The molecule has 1 aromatic heterocycles. The zero-order valence-corrected chi connectivity index (χ0v) is 19.1. The van der Waals surface area contributed by atoms with Crippen LogP contribution in [0.5, 0.6) is 5.75 Å². The maximum Gasteiger partial charge on any atom is 0.257 e. The summed E-state index contributed by atoms with van der Waals surface area (Å²) in [6.45, 7) is 0. The predicted molar refractivity (Wildman–Crippen MR) is 132 cm³/mol. The van der Waals surface area contributed by atoms with Gasteiger partial charge in [0, 0.05) is 5.69 Å². The highest BCUT2D eigenvalue weighted by Gasteiger charge is 2.18. The zero-order chi connectivity index (χ0) is 23.9. The molecule has 34 heavy (non-hydrogen) atoms. The minimum atomic E-state index is -0.321. The van der Waals surface area contributed by atoms with Gasteiger partial charge in [-0.2, -0.15) is 0 Å². The number of anilines is 2. The SMILES string of the molecule is COc1ccccc1-c1nnc(SCC(=O)Nc2ccccc2C(=O)Nc2ccccc2)n1N. The number of hydrogen-bond acceptors (Lipinski definition) is 7. The number of carbonyl (C=O) groups excluding carboxylic acids is 2. The quantitative estimate of drug-likeness (QED) is 0.263. The van der Waals surface area contributed by atoms with Gasteiger partial charge in [-0.1, -0.05) is 54.2 Å². The third-order valence-electron chi connectivity index (χ3n) is 4.82. The van der Waals surface area contributed by atoms with Crippen LogP contribution in [0.15, 0.2) is 84.0 Å². The highest BCUT2D eigenvalue weighted by molar-refractivity contribution is 7.99. The maximum absolute atomic E-state index is 12.7. The van der Waals surface area contributed by atoms with Crippen LogP contribution in [0.1, 0.15) is 10.4 Å². The molecule has 0 aliphatic heterocycles. The molecule has 10 heteroatoms. The van der Waals surface area contributed by atoms with Crippen LogP contribution in [0.25, 0.3) is 11.4 Å². The van der Waals surface area contributed by atoms with Gasteiger partial charge in [0.25, 0.3) is 5.91 Å². The molecule has 0 fully saturated rings. The molecule has 0 saturated heterocycles. The van der Waals surface area contributed by atoms with E-state index < -0.39 is 0 Å². The van der Waals surface area contributed by atoms with Crippen LogP contribution < -0.4 is 21.2 Å². The fraction of sp³-hybridized carbons (Fsp3) is 0.0833. The van der Waals surface area contributed by atoms with Crippen molar-refractivity contribution in [2.24, 2.45) is 0 Å². The second-order valence-corrected chi connectivity index (χ2v) is 8.02. The molecule has 0 spiro atoms. The zero-order valence-electron chi connectivity index (χ0n) is 18.3. The van der Waals surface area contributed by atoms with E-state index in [-0.39, 0.29) is 17.6 Å². The molecule has 0 atom stereocenters. The van der Waals surface area contributed by atoms with Gasteiger partial charge in [-0.25, -0.2) is 4.68 Å². The summed E-state index contributed by atoms with van der Waals surface area (Å²) in [7, 11) is 1.56. The van der Waals surface area contributed by atoms with E-state index in [1.54, 1.807) is 49.6 Å². The second kappa shape index (κ2) is 10.5. The monoisotopic (exact) mass is 474 g/mol. The lowest BCUT2D eigenvalue weighted by molar-refractivity contribution is -0.113. The van der Waals surface area contributed by atoms with Crippen LogP contribution in [-0.2, 0) is 4.79 Å². The van der Waals surface area contributed by atoms with Gasteiger partial charge in [-0.3, -0.25) is 9.59 Å². The first-order valence-corrected chi connectivity index (χ1v) is 11.3. The first-order chi connectivity index (χ1) is 16.6. The van der Waals surface area contributed by atoms with Crippen LogP contribution in [-0.4, -0.2) is 39.6 Å². The van der Waals surface area contributed by atoms with Crippen molar-refractivity contribution in [3.8, 4) is 17.1 Å². The number of amides is 2. The predicted octanol–water partition coefficient (Wildman–Crippen LogP) is 3.65. The highest BCUT2D eigenvalue weighted by Crippen LogP contribution is 2.29. The number of rotatable bonds is 8. The Bertz CT molecular complexity index is 1310. The van der Waals surface area contributed by atoms with Gasteiger partial charge < -0.3 is 21.2 Å². The molecule has 4 N–H and O–H groups in total. The number of nitrogens with two attached hydrogens (primary N) is 1. The Balaban J connectivity index is 1.42. The lowest BCUT2D eigenvalue weighted by Gasteiger charge is -2.11. The lowest BCUT2D eigenvalue weighted by atomic mass is 10.1. The van der Waals surface area contributed by atoms with Gasteiger partial charge in [0.15, 0.2) is 5.82 Å². The van der Waals surface area contributed by atoms with Gasteiger partial charge in [0.1, 0.15) is 5.75 Å². The molecule has 0 saturated carbocycles. The van der Waals surface area contributed by atoms with E-state index in [4.69, 9.17) is 10.6 Å². The highest BCUT2D eigenvalue weighted by atomic mass is 32.2. The van der Waals surface area contributed by atoms with E-state index in [0.29, 0.717) is 39.2 Å². The normalized spacial score (nSPS) is 10.5. The number of para-hydroxylation sites is 3. The minimum Gasteiger partial charge on any atom is -0.496 e. The maximum atomic E-state index is 12.7. The van der Waals surface area contributed by atoms with Crippen molar-refractivity contribution in [3.05, 3.63) is 84.4 Å². The van der Waals surface area contributed by atoms with Crippen molar-refractivity contribution >= 4 is 35.0 Å². The van der Waals surface area contributed by atoms with Crippen LogP contribution in [0.3, 0.4) is 0 Å². The lowest BCUT2D eigenvalue weighted by Crippen LogP contribution is -2.20. The number of ether oxygens (including phenoxy) is 1. The number of nitrogens with zero attached hydrogens (tertiary/aromatic N) is 3. The van der Waals surface area contributed by atoms with Crippen LogP contribution in [0, 0.1) is 0 Å². The molecule has 0 unspecified atom stereocenters. The summed E-state index contributed by atoms with van der Waals surface area (Å²) in [5.74, 6) is 6.59. The Morgan fingerprint density at radius 2 is 1.65 bits per heavy atom. The number of hydrogen-bond donors (Lipinski definition) is 3. The van der Waals surface area contributed by atoms with Gasteiger partial charge in [-0.15, -0.1) is 10.2 Å². The first kappa shape index (κ1) is 22.9. The van der Waals surface area contributed by atoms with Crippen molar-refractivity contribution in [3.63, 3.8) is 0 Å². The Kier molecular flexibility index (Phi) is 7.09. The molecule has 9 nitrogen and oxygen atoms in total. The van der Waals surface area contributed by atoms with E-state index in [1.165, 1.54) is 4.68 Å². The fourth-order valence-electron chi connectivity index (χ4n) is 3.21. The van der Waals surface area contributed by atoms with Crippen molar-refractivity contribution in [2.75, 3.05) is 29.3 Å². The second-order valence-electron chi connectivity index (χ2n) is 7.08. The van der Waals surface area contributed by atoms with Crippen molar-refractivity contribution in [1.82, 2.24) is 14.9 Å². The summed E-state index contributed by atoms with van der Waals surface area (Å²) >= 11 is 1.13. The molecular weight excluding hydrogens is 452 g/mol. The molecule has 4 rings (SSSR count). The third kappa shape index (κ3) is 5.18. The van der Waals surface area contributed by atoms with Gasteiger partial charge >= 0.3 is 0 Å². The Hall–Kier alpha value is -4.31. The number of carbonyl (C=O) groups is 2. The summed E-state index contributed by atoms with van der Waals surface area (Å²) in [5, 5.41) is 14.2. The van der Waals surface area contributed by atoms with Gasteiger partial charge in [-0.05, 0) is 36.4 Å². The first-order valence-electron chi connectivity index (χ1n) is 10.3. The van der Waals surface area contributed by atoms with Gasteiger partial charge in [0.2, 0.25) is 11.1 Å². The molecule has 172 valence electrons. The van der Waals surface area contributed by atoms with Crippen molar-refractivity contribution in [2.45, 2.75) is 5.16 Å². The van der Waals surface area contributed by atoms with Crippen molar-refractivity contribution < 1.29 is 14.3 Å². The summed E-state index contributed by atoms with van der Waals surface area (Å²) < 4.78 is 6.67. The standard InChI is InChI=1S/C24H22N6O3S/c1-33-20-14-8-6-12-18(20)22-28-29-24(30(22)25)34-15-21(31)27-19-13-7-5-11-17(19)23(32)26-16-9-3-2-4-10-16/h2-14H,15,25H2,1H3,(H,26,32)(H,27,31). The van der Waals surface area contributed by atoms with E-state index in [0.717, 1.165) is 11.8 Å². The molecular formula is C24H22N6O3S. The summed E-state index contributed by atoms with van der Waals surface area (Å²) in [4.78, 5) is 25.3. The summed E-state index contributed by atoms with van der Waals surface area (Å²) in [6, 6.07) is 23.2. The Morgan fingerprint density at radius 1 is 0.941 bits per heavy atom. The molecule has 0 bridgehead atoms.